The van der Waals surface area contributed by atoms with E-state index in [0.717, 1.165) is 17.7 Å². The van der Waals surface area contributed by atoms with Crippen molar-refractivity contribution >= 4 is 11.8 Å². The number of furan rings is 1. The molecule has 1 fully saturated rings. The molecular formula is C24H28N4O4. The molecule has 0 spiro atoms. The third-order valence-corrected chi connectivity index (χ3v) is 5.78. The topological polar surface area (TPSA) is 91.8 Å². The lowest BCUT2D eigenvalue weighted by Gasteiger charge is -2.26. The molecule has 0 saturated carbocycles. The van der Waals surface area contributed by atoms with Gasteiger partial charge in [0.2, 0.25) is 11.8 Å². The van der Waals surface area contributed by atoms with Gasteiger partial charge in [-0.25, -0.2) is 4.98 Å². The van der Waals surface area contributed by atoms with Crippen LogP contribution in [-0.4, -0.2) is 58.8 Å². The SMILES string of the molecule is Cc1cnc(CN(C)C2CCN(C(=O)C(Cc3ccccc3)NC(=O)c3ccco3)C2)o1. The average molecular weight is 437 g/mol. The van der Waals surface area contributed by atoms with E-state index in [9.17, 15) is 9.59 Å². The Hall–Kier alpha value is -3.39. The monoisotopic (exact) mass is 436 g/mol. The number of aromatic nitrogens is 1. The molecular weight excluding hydrogens is 408 g/mol. The molecule has 1 saturated heterocycles. The van der Waals surface area contributed by atoms with Crippen molar-refractivity contribution in [2.75, 3.05) is 20.1 Å². The molecule has 0 aliphatic carbocycles. The summed E-state index contributed by atoms with van der Waals surface area (Å²) in [6.07, 6.45) is 4.42. The van der Waals surface area contributed by atoms with E-state index in [1.165, 1.54) is 6.26 Å². The van der Waals surface area contributed by atoms with Gasteiger partial charge in [0.05, 0.1) is 19.0 Å². The van der Waals surface area contributed by atoms with Crippen molar-refractivity contribution < 1.29 is 18.4 Å². The maximum absolute atomic E-state index is 13.4. The second-order valence-corrected chi connectivity index (χ2v) is 8.20. The summed E-state index contributed by atoms with van der Waals surface area (Å²) in [5.41, 5.74) is 0.984. The third-order valence-electron chi connectivity index (χ3n) is 5.78. The summed E-state index contributed by atoms with van der Waals surface area (Å²) < 4.78 is 10.8. The third kappa shape index (κ3) is 5.26. The van der Waals surface area contributed by atoms with Crippen molar-refractivity contribution in [3.8, 4) is 0 Å². The summed E-state index contributed by atoms with van der Waals surface area (Å²) in [4.78, 5) is 34.3. The predicted molar refractivity (Wildman–Crippen MR) is 118 cm³/mol. The van der Waals surface area contributed by atoms with Gasteiger partial charge >= 0.3 is 0 Å². The summed E-state index contributed by atoms with van der Waals surface area (Å²) in [5, 5.41) is 2.87. The lowest BCUT2D eigenvalue weighted by molar-refractivity contribution is -0.132. The molecule has 2 unspecified atom stereocenters. The van der Waals surface area contributed by atoms with E-state index in [0.29, 0.717) is 31.9 Å². The molecule has 3 heterocycles. The van der Waals surface area contributed by atoms with Crippen LogP contribution in [0.15, 0.2) is 63.8 Å². The lowest BCUT2D eigenvalue weighted by atomic mass is 10.0. The quantitative estimate of drug-likeness (QED) is 0.584. The first kappa shape index (κ1) is 21.8. The molecule has 8 nitrogen and oxygen atoms in total. The zero-order valence-corrected chi connectivity index (χ0v) is 18.4. The van der Waals surface area contributed by atoms with Crippen LogP contribution in [0, 0.1) is 6.92 Å². The Balaban J connectivity index is 1.42. The Bertz CT molecular complexity index is 1030. The van der Waals surface area contributed by atoms with Crippen LogP contribution in [0.2, 0.25) is 0 Å². The molecule has 2 atom stereocenters. The van der Waals surface area contributed by atoms with Gasteiger partial charge in [0, 0.05) is 25.6 Å². The fourth-order valence-corrected chi connectivity index (χ4v) is 4.03. The number of amides is 2. The molecule has 0 radical (unpaired) electrons. The average Bonchev–Trinajstić information content (AvgIpc) is 3.55. The fourth-order valence-electron chi connectivity index (χ4n) is 4.03. The summed E-state index contributed by atoms with van der Waals surface area (Å²) in [7, 11) is 2.01. The first-order valence-electron chi connectivity index (χ1n) is 10.8. The van der Waals surface area contributed by atoms with Crippen LogP contribution in [0.25, 0.3) is 0 Å². The molecule has 4 rings (SSSR count). The van der Waals surface area contributed by atoms with Gasteiger partial charge < -0.3 is 19.1 Å². The number of hydrogen-bond acceptors (Lipinski definition) is 6. The van der Waals surface area contributed by atoms with Crippen molar-refractivity contribution in [2.45, 2.75) is 38.4 Å². The summed E-state index contributed by atoms with van der Waals surface area (Å²) in [6, 6.07) is 12.5. The van der Waals surface area contributed by atoms with Gasteiger partial charge in [0.1, 0.15) is 11.8 Å². The number of carbonyl (C=O) groups excluding carboxylic acids is 2. The summed E-state index contributed by atoms with van der Waals surface area (Å²) >= 11 is 0. The number of nitrogens with one attached hydrogen (secondary N) is 1. The number of likely N-dealkylation sites (tertiary alicyclic amines) is 1. The normalized spacial score (nSPS) is 17.0. The zero-order valence-electron chi connectivity index (χ0n) is 18.4. The summed E-state index contributed by atoms with van der Waals surface area (Å²) in [6.45, 7) is 3.69. The fraction of sp³-hybridized carbons (Fsp3) is 0.375. The molecule has 1 aliphatic heterocycles. The number of carbonyl (C=O) groups is 2. The van der Waals surface area contributed by atoms with E-state index in [2.05, 4.69) is 15.2 Å². The first-order chi connectivity index (χ1) is 15.5. The first-order valence-corrected chi connectivity index (χ1v) is 10.8. The molecule has 1 aliphatic rings. The maximum Gasteiger partial charge on any atom is 0.287 e. The van der Waals surface area contributed by atoms with Gasteiger partial charge in [0.25, 0.3) is 5.91 Å². The largest absolute Gasteiger partial charge is 0.459 e. The van der Waals surface area contributed by atoms with Crippen LogP contribution in [0.4, 0.5) is 0 Å². The number of hydrogen-bond donors (Lipinski definition) is 1. The highest BCUT2D eigenvalue weighted by molar-refractivity contribution is 5.95. The lowest BCUT2D eigenvalue weighted by Crippen LogP contribution is -2.49. The van der Waals surface area contributed by atoms with Crippen LogP contribution in [0.5, 0.6) is 0 Å². The number of benzene rings is 1. The highest BCUT2D eigenvalue weighted by Crippen LogP contribution is 2.19. The van der Waals surface area contributed by atoms with E-state index in [4.69, 9.17) is 8.83 Å². The van der Waals surface area contributed by atoms with Gasteiger partial charge in [-0.15, -0.1) is 0 Å². The number of oxazole rings is 1. The Kier molecular flexibility index (Phi) is 6.70. The van der Waals surface area contributed by atoms with Gasteiger partial charge in [-0.2, -0.15) is 0 Å². The minimum absolute atomic E-state index is 0.0865. The molecule has 0 bridgehead atoms. The van der Waals surface area contributed by atoms with E-state index in [1.807, 2.05) is 49.2 Å². The van der Waals surface area contributed by atoms with Crippen molar-refractivity contribution in [3.05, 3.63) is 77.9 Å². The van der Waals surface area contributed by atoms with E-state index >= 15 is 0 Å². The molecule has 2 amide bonds. The Morgan fingerprint density at radius 1 is 1.25 bits per heavy atom. The molecule has 1 aromatic carbocycles. The van der Waals surface area contributed by atoms with Crippen molar-refractivity contribution in [2.24, 2.45) is 0 Å². The second kappa shape index (κ2) is 9.82. The molecule has 2 aromatic heterocycles. The highest BCUT2D eigenvalue weighted by atomic mass is 16.4. The molecule has 32 heavy (non-hydrogen) atoms. The van der Waals surface area contributed by atoms with Gasteiger partial charge in [-0.3, -0.25) is 14.5 Å². The number of nitrogens with zero attached hydrogens (tertiary/aromatic N) is 3. The minimum atomic E-state index is -0.673. The smallest absolute Gasteiger partial charge is 0.287 e. The van der Waals surface area contributed by atoms with Crippen LogP contribution in [-0.2, 0) is 17.8 Å². The minimum Gasteiger partial charge on any atom is -0.459 e. The molecule has 168 valence electrons. The van der Waals surface area contributed by atoms with Gasteiger partial charge in [0.15, 0.2) is 5.76 Å². The Morgan fingerprint density at radius 3 is 2.75 bits per heavy atom. The number of likely N-dealkylation sites (N-methyl/N-ethyl adjacent to an activating group) is 1. The standard InChI is InChI=1S/C24H28N4O4/c1-17-14-25-22(32-17)16-27(2)19-10-11-28(15-19)24(30)20(13-18-7-4-3-5-8-18)26-23(29)21-9-6-12-31-21/h3-9,12,14,19-20H,10-11,13,15-16H2,1-2H3,(H,26,29). The Labute approximate surface area is 187 Å². The maximum atomic E-state index is 13.4. The van der Waals surface area contributed by atoms with E-state index in [-0.39, 0.29) is 17.7 Å². The van der Waals surface area contributed by atoms with Crippen LogP contribution >= 0.6 is 0 Å². The van der Waals surface area contributed by atoms with Crippen LogP contribution in [0.3, 0.4) is 0 Å². The van der Waals surface area contributed by atoms with Gasteiger partial charge in [-0.05, 0) is 38.1 Å². The predicted octanol–water partition coefficient (Wildman–Crippen LogP) is 2.65. The molecule has 1 N–H and O–H groups in total. The van der Waals surface area contributed by atoms with Crippen LogP contribution in [0.1, 0.15) is 34.2 Å². The van der Waals surface area contributed by atoms with Crippen molar-refractivity contribution in [3.63, 3.8) is 0 Å². The second-order valence-electron chi connectivity index (χ2n) is 8.20. The van der Waals surface area contributed by atoms with E-state index in [1.54, 1.807) is 18.3 Å². The van der Waals surface area contributed by atoms with Crippen molar-refractivity contribution in [1.29, 1.82) is 0 Å². The number of rotatable bonds is 8. The Morgan fingerprint density at radius 2 is 2.06 bits per heavy atom. The highest BCUT2D eigenvalue weighted by Gasteiger charge is 2.34. The number of aryl methyl sites for hydroxylation is 1. The van der Waals surface area contributed by atoms with Crippen molar-refractivity contribution in [1.82, 2.24) is 20.1 Å². The zero-order chi connectivity index (χ0) is 22.5. The van der Waals surface area contributed by atoms with Crippen LogP contribution < -0.4 is 5.32 Å². The molecule has 3 aromatic rings. The summed E-state index contributed by atoms with van der Waals surface area (Å²) in [5.74, 6) is 1.17. The van der Waals surface area contributed by atoms with Gasteiger partial charge in [-0.1, -0.05) is 30.3 Å². The van der Waals surface area contributed by atoms with E-state index < -0.39 is 11.9 Å². The molecule has 8 heteroatoms.